The topological polar surface area (TPSA) is 113 Å². The molecule has 3 aromatic rings. The molecule has 0 bridgehead atoms. The third-order valence-corrected chi connectivity index (χ3v) is 5.31. The number of hydrogen-bond donors (Lipinski definition) is 3. The van der Waals surface area contributed by atoms with E-state index in [-0.39, 0.29) is 30.6 Å². The van der Waals surface area contributed by atoms with Gasteiger partial charge in [0.2, 0.25) is 0 Å². The van der Waals surface area contributed by atoms with E-state index in [0.29, 0.717) is 23.3 Å². The van der Waals surface area contributed by atoms with Crippen molar-refractivity contribution in [2.24, 2.45) is 0 Å². The highest BCUT2D eigenvalue weighted by Gasteiger charge is 2.13. The summed E-state index contributed by atoms with van der Waals surface area (Å²) in [6.07, 6.45) is 0. The van der Waals surface area contributed by atoms with Crippen LogP contribution in [-0.2, 0) is 4.74 Å². The Hall–Kier alpha value is -3.55. The number of furan rings is 1. The standard InChI is InChI=1S/C25H25N3O6.ClH/c29-24(27-31)19-5-3-18(4-6-19)2-1-9-26-25(30)23-17-20-16-21(7-8-22(20)34-23)33-15-12-28-10-13-32-14-11-28;/h3-8,16-17,31H,9-15H2,(H,26,30)(H,27,29);1H. The Balaban J connectivity index is 0.00000342. The molecule has 184 valence electrons. The van der Waals surface area contributed by atoms with Gasteiger partial charge in [0.15, 0.2) is 5.76 Å². The van der Waals surface area contributed by atoms with E-state index in [0.717, 1.165) is 44.0 Å². The Kier molecular flexibility index (Phi) is 9.52. The van der Waals surface area contributed by atoms with E-state index in [4.69, 9.17) is 19.1 Å². The molecule has 3 N–H and O–H groups in total. The van der Waals surface area contributed by atoms with Crippen LogP contribution in [0.5, 0.6) is 5.75 Å². The van der Waals surface area contributed by atoms with Crippen molar-refractivity contribution in [2.75, 3.05) is 46.0 Å². The van der Waals surface area contributed by atoms with Crippen molar-refractivity contribution in [1.82, 2.24) is 15.7 Å². The van der Waals surface area contributed by atoms with Crippen LogP contribution in [0, 0.1) is 11.8 Å². The summed E-state index contributed by atoms with van der Waals surface area (Å²) in [6, 6.07) is 13.5. The van der Waals surface area contributed by atoms with E-state index in [2.05, 4.69) is 22.1 Å². The molecule has 0 aliphatic carbocycles. The quantitative estimate of drug-likeness (QED) is 0.260. The van der Waals surface area contributed by atoms with Gasteiger partial charge in [-0.2, -0.15) is 0 Å². The number of hydrogen-bond acceptors (Lipinski definition) is 7. The molecule has 2 amide bonds. The van der Waals surface area contributed by atoms with E-state index in [1.54, 1.807) is 41.9 Å². The first-order chi connectivity index (χ1) is 16.6. The number of nitrogens with one attached hydrogen (secondary N) is 2. The largest absolute Gasteiger partial charge is 0.492 e. The molecule has 9 nitrogen and oxygen atoms in total. The summed E-state index contributed by atoms with van der Waals surface area (Å²) in [5.41, 5.74) is 3.16. The van der Waals surface area contributed by atoms with Crippen molar-refractivity contribution in [1.29, 1.82) is 0 Å². The Morgan fingerprint density at radius 2 is 1.83 bits per heavy atom. The molecule has 0 unspecified atom stereocenters. The monoisotopic (exact) mass is 499 g/mol. The maximum atomic E-state index is 12.4. The maximum absolute atomic E-state index is 12.4. The number of halogens is 1. The minimum atomic E-state index is -0.593. The van der Waals surface area contributed by atoms with Gasteiger partial charge in [-0.1, -0.05) is 11.8 Å². The van der Waals surface area contributed by atoms with Gasteiger partial charge in [0, 0.05) is 36.1 Å². The fourth-order valence-corrected chi connectivity index (χ4v) is 3.47. The average molecular weight is 500 g/mol. The predicted octanol–water partition coefficient (Wildman–Crippen LogP) is 2.47. The molecule has 1 fully saturated rings. The molecule has 0 spiro atoms. The van der Waals surface area contributed by atoms with E-state index in [1.807, 2.05) is 12.1 Å². The van der Waals surface area contributed by atoms with Crippen molar-refractivity contribution >= 4 is 35.2 Å². The first-order valence-corrected chi connectivity index (χ1v) is 10.9. The number of hydroxylamine groups is 1. The first kappa shape index (κ1) is 26.1. The number of ether oxygens (including phenoxy) is 2. The van der Waals surface area contributed by atoms with Crippen LogP contribution in [0.4, 0.5) is 0 Å². The smallest absolute Gasteiger partial charge is 0.287 e. The third kappa shape index (κ3) is 7.21. The molecule has 0 saturated carbocycles. The Bertz CT molecular complexity index is 1210. The first-order valence-electron chi connectivity index (χ1n) is 10.9. The average Bonchev–Trinajstić information content (AvgIpc) is 3.31. The van der Waals surface area contributed by atoms with Crippen LogP contribution < -0.4 is 15.5 Å². The molecule has 0 radical (unpaired) electrons. The summed E-state index contributed by atoms with van der Waals surface area (Å²) in [6.45, 7) is 4.90. The molecule has 35 heavy (non-hydrogen) atoms. The molecule has 2 heterocycles. The molecule has 4 rings (SSSR count). The lowest BCUT2D eigenvalue weighted by molar-refractivity contribution is 0.0322. The van der Waals surface area contributed by atoms with Crippen LogP contribution in [0.2, 0.25) is 0 Å². The lowest BCUT2D eigenvalue weighted by Crippen LogP contribution is -2.38. The van der Waals surface area contributed by atoms with Crippen LogP contribution in [0.1, 0.15) is 26.5 Å². The number of carbonyl (C=O) groups is 2. The van der Waals surface area contributed by atoms with Crippen LogP contribution in [0.15, 0.2) is 52.9 Å². The molecule has 1 saturated heterocycles. The second-order valence-electron chi connectivity index (χ2n) is 7.62. The van der Waals surface area contributed by atoms with E-state index in [9.17, 15) is 9.59 Å². The lowest BCUT2D eigenvalue weighted by Gasteiger charge is -2.26. The van der Waals surface area contributed by atoms with Crippen molar-refractivity contribution in [2.45, 2.75) is 0 Å². The van der Waals surface area contributed by atoms with E-state index < -0.39 is 5.91 Å². The number of morpholine rings is 1. The van der Waals surface area contributed by atoms with Crippen LogP contribution >= 0.6 is 12.4 Å². The highest BCUT2D eigenvalue weighted by molar-refractivity contribution is 5.96. The summed E-state index contributed by atoms with van der Waals surface area (Å²) in [4.78, 5) is 26.0. The summed E-state index contributed by atoms with van der Waals surface area (Å²) in [5, 5.41) is 12.1. The molecule has 1 aliphatic heterocycles. The fourth-order valence-electron chi connectivity index (χ4n) is 3.47. The number of rotatable bonds is 7. The molecule has 2 aromatic carbocycles. The maximum Gasteiger partial charge on any atom is 0.287 e. The number of amides is 2. The zero-order valence-corrected chi connectivity index (χ0v) is 19.7. The van der Waals surface area contributed by atoms with Gasteiger partial charge in [-0.05, 0) is 48.5 Å². The molecule has 1 aliphatic rings. The van der Waals surface area contributed by atoms with Gasteiger partial charge in [-0.15, -0.1) is 12.4 Å². The van der Waals surface area contributed by atoms with Gasteiger partial charge in [0.1, 0.15) is 17.9 Å². The molecule has 10 heteroatoms. The van der Waals surface area contributed by atoms with Gasteiger partial charge in [-0.25, -0.2) is 5.48 Å². The Labute approximate surface area is 208 Å². The van der Waals surface area contributed by atoms with Crippen molar-refractivity contribution in [3.05, 3.63) is 65.4 Å². The summed E-state index contributed by atoms with van der Waals surface area (Å²) in [7, 11) is 0. The molecular formula is C25H26ClN3O6. The predicted molar refractivity (Wildman–Crippen MR) is 131 cm³/mol. The van der Waals surface area contributed by atoms with Gasteiger partial charge in [0.25, 0.3) is 11.8 Å². The van der Waals surface area contributed by atoms with Crippen molar-refractivity contribution in [3.63, 3.8) is 0 Å². The third-order valence-electron chi connectivity index (χ3n) is 5.31. The number of benzene rings is 2. The number of fused-ring (bicyclic) bond motifs is 1. The zero-order valence-electron chi connectivity index (χ0n) is 18.9. The number of nitrogens with zero attached hydrogens (tertiary/aromatic N) is 1. The van der Waals surface area contributed by atoms with Crippen molar-refractivity contribution < 1.29 is 28.7 Å². The van der Waals surface area contributed by atoms with Crippen molar-refractivity contribution in [3.8, 4) is 17.6 Å². The van der Waals surface area contributed by atoms with E-state index >= 15 is 0 Å². The number of carbonyl (C=O) groups excluding carboxylic acids is 2. The summed E-state index contributed by atoms with van der Waals surface area (Å²) < 4.78 is 16.9. The van der Waals surface area contributed by atoms with Crippen LogP contribution in [0.3, 0.4) is 0 Å². The molecular weight excluding hydrogens is 474 g/mol. The molecule has 1 aromatic heterocycles. The molecule has 0 atom stereocenters. The van der Waals surface area contributed by atoms with Gasteiger partial charge in [0.05, 0.1) is 19.8 Å². The summed E-state index contributed by atoms with van der Waals surface area (Å²) >= 11 is 0. The van der Waals surface area contributed by atoms with Gasteiger partial charge >= 0.3 is 0 Å². The van der Waals surface area contributed by atoms with Gasteiger partial charge < -0.3 is 19.2 Å². The second kappa shape index (κ2) is 12.8. The highest BCUT2D eigenvalue weighted by atomic mass is 35.5. The summed E-state index contributed by atoms with van der Waals surface area (Å²) in [5.74, 6) is 5.71. The minimum Gasteiger partial charge on any atom is -0.492 e. The SMILES string of the molecule is Cl.O=C(NO)c1ccc(C#CCNC(=O)c2cc3cc(OCCN4CCOCC4)ccc3o2)cc1. The fraction of sp³-hybridized carbons (Fsp3) is 0.280. The van der Waals surface area contributed by atoms with Gasteiger partial charge in [-0.3, -0.25) is 19.7 Å². The van der Waals surface area contributed by atoms with E-state index in [1.165, 1.54) is 0 Å². The highest BCUT2D eigenvalue weighted by Crippen LogP contribution is 2.24. The second-order valence-corrected chi connectivity index (χ2v) is 7.62. The minimum absolute atomic E-state index is 0. The Morgan fingerprint density at radius 1 is 1.06 bits per heavy atom. The Morgan fingerprint density at radius 3 is 2.57 bits per heavy atom. The van der Waals surface area contributed by atoms with Crippen LogP contribution in [-0.4, -0.2) is 67.9 Å². The zero-order chi connectivity index (χ0) is 23.8. The lowest BCUT2D eigenvalue weighted by atomic mass is 10.1. The van der Waals surface area contributed by atoms with Crippen LogP contribution in [0.25, 0.3) is 11.0 Å². The normalized spacial score (nSPS) is 13.3.